The number of aromatic nitrogens is 2. The van der Waals surface area contributed by atoms with Crippen molar-refractivity contribution in [3.05, 3.63) is 66.9 Å². The summed E-state index contributed by atoms with van der Waals surface area (Å²) in [5, 5.41) is 12.9. The molecule has 3 rings (SSSR count). The highest BCUT2D eigenvalue weighted by molar-refractivity contribution is 7.07. The molecule has 3 aromatic rings. The predicted molar refractivity (Wildman–Crippen MR) is 79.2 cm³/mol. The maximum atomic E-state index is 12.1. The molecule has 0 spiro atoms. The minimum absolute atomic E-state index is 0.0383. The highest BCUT2D eigenvalue weighted by atomic mass is 32.1. The lowest BCUT2D eigenvalue weighted by atomic mass is 10.1. The highest BCUT2D eigenvalue weighted by Gasteiger charge is 2.14. The summed E-state index contributed by atoms with van der Waals surface area (Å²) in [6.07, 6.45) is 0. The number of carboxylic acid groups (broad SMARTS) is 1. The van der Waals surface area contributed by atoms with Crippen LogP contribution in [-0.2, 0) is 6.54 Å². The van der Waals surface area contributed by atoms with E-state index >= 15 is 0 Å². The van der Waals surface area contributed by atoms with Gasteiger partial charge in [0.05, 0.1) is 23.1 Å². The fourth-order valence-corrected chi connectivity index (χ4v) is 2.86. The molecule has 0 atom stereocenters. The summed E-state index contributed by atoms with van der Waals surface area (Å²) >= 11 is 1.49. The molecule has 0 aliphatic carbocycles. The van der Waals surface area contributed by atoms with E-state index in [2.05, 4.69) is 4.98 Å². The molecule has 7 heteroatoms. The molecular weight excluding hydrogens is 292 g/mol. The van der Waals surface area contributed by atoms with Crippen molar-refractivity contribution in [2.45, 2.75) is 6.54 Å². The second kappa shape index (κ2) is 5.02. The molecule has 0 radical (unpaired) electrons. The van der Waals surface area contributed by atoms with Gasteiger partial charge in [0.25, 0.3) is 0 Å². The molecule has 0 aliphatic rings. The van der Waals surface area contributed by atoms with Gasteiger partial charge in [-0.25, -0.2) is 4.79 Å². The average Bonchev–Trinajstić information content (AvgIpc) is 2.96. The van der Waals surface area contributed by atoms with E-state index in [1.165, 1.54) is 22.0 Å². The first kappa shape index (κ1) is 13.3. The van der Waals surface area contributed by atoms with Crippen LogP contribution in [0.1, 0.15) is 15.9 Å². The SMILES string of the molecule is O=C(O)c1cccc2c1[nH]c(=O)c(=O)n2Cc1ccsc1. The lowest BCUT2D eigenvalue weighted by Crippen LogP contribution is -2.36. The van der Waals surface area contributed by atoms with Crippen molar-refractivity contribution in [3.8, 4) is 0 Å². The summed E-state index contributed by atoms with van der Waals surface area (Å²) < 4.78 is 1.29. The van der Waals surface area contributed by atoms with Crippen LogP contribution in [0, 0.1) is 0 Å². The smallest absolute Gasteiger partial charge is 0.337 e. The number of carbonyl (C=O) groups is 1. The van der Waals surface area contributed by atoms with E-state index in [0.717, 1.165) is 5.56 Å². The molecule has 2 heterocycles. The summed E-state index contributed by atoms with van der Waals surface area (Å²) in [5.41, 5.74) is -0.128. The molecule has 21 heavy (non-hydrogen) atoms. The number of fused-ring (bicyclic) bond motifs is 1. The van der Waals surface area contributed by atoms with Crippen molar-refractivity contribution in [3.63, 3.8) is 0 Å². The Balaban J connectivity index is 2.35. The number of H-pyrrole nitrogens is 1. The fraction of sp³-hybridized carbons (Fsp3) is 0.0714. The number of benzene rings is 1. The zero-order valence-electron chi connectivity index (χ0n) is 10.7. The van der Waals surface area contributed by atoms with Gasteiger partial charge < -0.3 is 10.1 Å². The van der Waals surface area contributed by atoms with E-state index in [0.29, 0.717) is 5.52 Å². The van der Waals surface area contributed by atoms with Crippen LogP contribution in [-0.4, -0.2) is 20.6 Å². The Morgan fingerprint density at radius 3 is 2.76 bits per heavy atom. The first-order chi connectivity index (χ1) is 10.1. The maximum Gasteiger partial charge on any atom is 0.337 e. The number of hydrogen-bond donors (Lipinski definition) is 2. The number of nitrogens with one attached hydrogen (secondary N) is 1. The summed E-state index contributed by atoms with van der Waals surface area (Å²) in [7, 11) is 0. The monoisotopic (exact) mass is 302 g/mol. The first-order valence-corrected chi connectivity index (χ1v) is 7.02. The third-order valence-electron chi connectivity index (χ3n) is 3.16. The second-order valence-corrected chi connectivity index (χ2v) is 5.26. The Morgan fingerprint density at radius 1 is 1.29 bits per heavy atom. The molecule has 1 aromatic carbocycles. The Bertz CT molecular complexity index is 938. The van der Waals surface area contributed by atoms with E-state index in [4.69, 9.17) is 0 Å². The topological polar surface area (TPSA) is 92.2 Å². The fourth-order valence-electron chi connectivity index (χ4n) is 2.20. The normalized spacial score (nSPS) is 10.9. The van der Waals surface area contributed by atoms with E-state index in [-0.39, 0.29) is 17.6 Å². The minimum atomic E-state index is -1.16. The minimum Gasteiger partial charge on any atom is -0.478 e. The third-order valence-corrected chi connectivity index (χ3v) is 3.89. The second-order valence-electron chi connectivity index (χ2n) is 4.48. The van der Waals surface area contributed by atoms with Gasteiger partial charge in [0, 0.05) is 0 Å². The molecule has 0 saturated carbocycles. The van der Waals surface area contributed by atoms with Crippen LogP contribution < -0.4 is 11.1 Å². The standard InChI is InChI=1S/C14H10N2O4S/c17-12-13(18)16(6-8-4-5-21-7-8)10-3-1-2-9(14(19)20)11(10)15-12/h1-5,7H,6H2,(H,15,17)(H,19,20). The van der Waals surface area contributed by atoms with Crippen molar-refractivity contribution in [2.24, 2.45) is 0 Å². The van der Waals surface area contributed by atoms with Gasteiger partial charge in [-0.2, -0.15) is 11.3 Å². The maximum absolute atomic E-state index is 12.1. The Kier molecular flexibility index (Phi) is 3.19. The molecule has 0 unspecified atom stereocenters. The number of carboxylic acids is 1. The molecule has 106 valence electrons. The number of aromatic carboxylic acids is 1. The molecule has 0 amide bonds. The van der Waals surface area contributed by atoms with E-state index in [1.54, 1.807) is 12.1 Å². The zero-order chi connectivity index (χ0) is 15.0. The summed E-state index contributed by atoms with van der Waals surface area (Å²) in [6, 6.07) is 6.41. The van der Waals surface area contributed by atoms with Crippen LogP contribution in [0.3, 0.4) is 0 Å². The van der Waals surface area contributed by atoms with Gasteiger partial charge in [-0.3, -0.25) is 14.2 Å². The van der Waals surface area contributed by atoms with Crippen LogP contribution in [0.25, 0.3) is 11.0 Å². The lowest BCUT2D eigenvalue weighted by molar-refractivity contribution is 0.0699. The number of hydrogen-bond acceptors (Lipinski definition) is 4. The molecule has 0 bridgehead atoms. The van der Waals surface area contributed by atoms with Gasteiger partial charge in [-0.1, -0.05) is 6.07 Å². The largest absolute Gasteiger partial charge is 0.478 e. The molecule has 0 aliphatic heterocycles. The van der Waals surface area contributed by atoms with Gasteiger partial charge in [0.1, 0.15) is 0 Å². The van der Waals surface area contributed by atoms with Crippen LogP contribution in [0.2, 0.25) is 0 Å². The summed E-state index contributed by atoms with van der Waals surface area (Å²) in [4.78, 5) is 37.4. The number of rotatable bonds is 3. The van der Waals surface area contributed by atoms with Crippen LogP contribution in [0.5, 0.6) is 0 Å². The van der Waals surface area contributed by atoms with Gasteiger partial charge in [0.15, 0.2) is 0 Å². The van der Waals surface area contributed by atoms with E-state index < -0.39 is 17.1 Å². The number of aromatic amines is 1. The van der Waals surface area contributed by atoms with Crippen LogP contribution >= 0.6 is 11.3 Å². The number of para-hydroxylation sites is 1. The van der Waals surface area contributed by atoms with Crippen LogP contribution in [0.4, 0.5) is 0 Å². The first-order valence-electron chi connectivity index (χ1n) is 6.08. The predicted octanol–water partition coefficient (Wildman–Crippen LogP) is 1.50. The average molecular weight is 302 g/mol. The molecule has 0 saturated heterocycles. The lowest BCUT2D eigenvalue weighted by Gasteiger charge is -2.10. The zero-order valence-corrected chi connectivity index (χ0v) is 11.5. The van der Waals surface area contributed by atoms with Gasteiger partial charge in [0.2, 0.25) is 0 Å². The molecule has 6 nitrogen and oxygen atoms in total. The van der Waals surface area contributed by atoms with Gasteiger partial charge in [-0.15, -0.1) is 0 Å². The van der Waals surface area contributed by atoms with E-state index in [9.17, 15) is 19.5 Å². The van der Waals surface area contributed by atoms with Gasteiger partial charge >= 0.3 is 17.1 Å². The Labute approximate surface area is 121 Å². The van der Waals surface area contributed by atoms with Crippen molar-refractivity contribution >= 4 is 28.3 Å². The molecule has 0 fully saturated rings. The molecule has 2 aromatic heterocycles. The summed E-state index contributed by atoms with van der Waals surface area (Å²) in [6.45, 7) is 0.228. The Morgan fingerprint density at radius 2 is 2.10 bits per heavy atom. The van der Waals surface area contributed by atoms with Crippen LogP contribution in [0.15, 0.2) is 44.6 Å². The van der Waals surface area contributed by atoms with Crippen molar-refractivity contribution in [1.82, 2.24) is 9.55 Å². The quantitative estimate of drug-likeness (QED) is 0.717. The number of thiophene rings is 1. The molecular formula is C14H10N2O4S. The van der Waals surface area contributed by atoms with Gasteiger partial charge in [-0.05, 0) is 34.5 Å². The van der Waals surface area contributed by atoms with E-state index in [1.807, 2.05) is 16.8 Å². The number of nitrogens with zero attached hydrogens (tertiary/aromatic N) is 1. The summed E-state index contributed by atoms with van der Waals surface area (Å²) in [5.74, 6) is -1.16. The highest BCUT2D eigenvalue weighted by Crippen LogP contribution is 2.16. The third kappa shape index (κ3) is 2.27. The van der Waals surface area contributed by atoms with Crippen molar-refractivity contribution in [2.75, 3.05) is 0 Å². The molecule has 2 N–H and O–H groups in total. The van der Waals surface area contributed by atoms with Crippen molar-refractivity contribution in [1.29, 1.82) is 0 Å². The van der Waals surface area contributed by atoms with Crippen molar-refractivity contribution < 1.29 is 9.90 Å². The Hall–Kier alpha value is -2.67.